The van der Waals surface area contributed by atoms with Crippen LogP contribution in [0.4, 0.5) is 0 Å². The molecule has 0 aromatic heterocycles. The van der Waals surface area contributed by atoms with Crippen molar-refractivity contribution in [2.45, 2.75) is 32.7 Å². The Morgan fingerprint density at radius 3 is 2.53 bits per heavy atom. The molecule has 1 atom stereocenters. The second-order valence-electron chi connectivity index (χ2n) is 3.32. The summed E-state index contributed by atoms with van der Waals surface area (Å²) < 4.78 is 29.9. The molecule has 0 saturated carbocycles. The van der Waals surface area contributed by atoms with E-state index in [1.165, 1.54) is 7.11 Å². The molecule has 0 spiro atoms. The number of hydrogen-bond acceptors (Lipinski definition) is 4. The number of ether oxygens (including phenoxy) is 1. The minimum Gasteiger partial charge on any atom is -0.385 e. The van der Waals surface area contributed by atoms with Crippen LogP contribution in [0.3, 0.4) is 0 Å². The molecule has 0 amide bonds. The molecule has 0 aromatic rings. The van der Waals surface area contributed by atoms with E-state index in [-0.39, 0.29) is 11.5 Å². The van der Waals surface area contributed by atoms with Gasteiger partial charge in [-0.1, -0.05) is 6.92 Å². The quantitative estimate of drug-likeness (QED) is 0.617. The summed E-state index contributed by atoms with van der Waals surface area (Å²) in [5.41, 5.74) is 0. The molecule has 0 aliphatic heterocycles. The van der Waals surface area contributed by atoms with E-state index in [9.17, 15) is 13.2 Å². The molecule has 0 aliphatic carbocycles. The number of nitrogens with one attached hydrogen (secondary N) is 1. The van der Waals surface area contributed by atoms with Crippen molar-refractivity contribution in [1.82, 2.24) is 4.72 Å². The summed E-state index contributed by atoms with van der Waals surface area (Å²) in [5, 5.41) is 0. The van der Waals surface area contributed by atoms with Crippen LogP contribution in [0.15, 0.2) is 0 Å². The topological polar surface area (TPSA) is 72.5 Å². The zero-order valence-electron chi connectivity index (χ0n) is 9.45. The van der Waals surface area contributed by atoms with E-state index >= 15 is 0 Å². The fraction of sp³-hybridized carbons (Fsp3) is 0.889. The lowest BCUT2D eigenvalue weighted by Crippen LogP contribution is -2.39. The van der Waals surface area contributed by atoms with Gasteiger partial charge in [-0.25, -0.2) is 13.1 Å². The fourth-order valence-electron chi connectivity index (χ4n) is 1.09. The second kappa shape index (κ2) is 6.92. The number of rotatable bonds is 8. The first kappa shape index (κ1) is 14.5. The van der Waals surface area contributed by atoms with Crippen LogP contribution >= 0.6 is 0 Å². The number of carbonyl (C=O) groups excluding carboxylic acids is 1. The summed E-state index contributed by atoms with van der Waals surface area (Å²) in [6.07, 6.45) is 0.765. The van der Waals surface area contributed by atoms with E-state index in [1.54, 1.807) is 13.8 Å². The highest BCUT2D eigenvalue weighted by atomic mass is 32.2. The molecule has 5 nitrogen and oxygen atoms in total. The summed E-state index contributed by atoms with van der Waals surface area (Å²) in [6.45, 7) is 3.66. The fourth-order valence-corrected chi connectivity index (χ4v) is 2.38. The van der Waals surface area contributed by atoms with Gasteiger partial charge in [-0.05, 0) is 13.3 Å². The van der Waals surface area contributed by atoms with Gasteiger partial charge in [-0.15, -0.1) is 0 Å². The van der Waals surface area contributed by atoms with E-state index in [0.717, 1.165) is 0 Å². The smallest absolute Gasteiger partial charge is 0.212 e. The Morgan fingerprint density at radius 1 is 1.47 bits per heavy atom. The van der Waals surface area contributed by atoms with Crippen LogP contribution in [-0.4, -0.2) is 39.7 Å². The Morgan fingerprint density at radius 2 is 2.07 bits per heavy atom. The Kier molecular flexibility index (Phi) is 6.71. The molecule has 15 heavy (non-hydrogen) atoms. The van der Waals surface area contributed by atoms with Crippen LogP contribution in [-0.2, 0) is 19.6 Å². The Balaban J connectivity index is 4.08. The van der Waals surface area contributed by atoms with Crippen LogP contribution in [0.5, 0.6) is 0 Å². The Hall–Kier alpha value is -0.460. The van der Waals surface area contributed by atoms with Crippen molar-refractivity contribution in [3.63, 3.8) is 0 Å². The molecular formula is C9H19NO4S. The van der Waals surface area contributed by atoms with Gasteiger partial charge < -0.3 is 4.74 Å². The van der Waals surface area contributed by atoms with Crippen molar-refractivity contribution in [3.05, 3.63) is 0 Å². The van der Waals surface area contributed by atoms with E-state index in [1.807, 2.05) is 0 Å². The highest BCUT2D eigenvalue weighted by Crippen LogP contribution is 1.96. The molecule has 0 rings (SSSR count). The molecule has 0 fully saturated rings. The Bertz CT molecular complexity index is 286. The van der Waals surface area contributed by atoms with Gasteiger partial charge in [0, 0.05) is 20.1 Å². The second-order valence-corrected chi connectivity index (χ2v) is 5.20. The zero-order valence-corrected chi connectivity index (χ0v) is 10.3. The first-order valence-corrected chi connectivity index (χ1v) is 6.59. The summed E-state index contributed by atoms with van der Waals surface area (Å²) >= 11 is 0. The molecule has 1 unspecified atom stereocenters. The lowest BCUT2D eigenvalue weighted by Gasteiger charge is -2.11. The standard InChI is InChI=1S/C9H19NO4S/c1-4-9(11)8(2)10-15(12,13)7-5-6-14-3/h8,10H,4-7H2,1-3H3. The molecule has 1 N–H and O–H groups in total. The van der Waals surface area contributed by atoms with Gasteiger partial charge in [0.15, 0.2) is 0 Å². The molecule has 0 aromatic carbocycles. The van der Waals surface area contributed by atoms with Crippen molar-refractivity contribution in [2.24, 2.45) is 0 Å². The average molecular weight is 237 g/mol. The van der Waals surface area contributed by atoms with Gasteiger partial charge in [-0.3, -0.25) is 4.79 Å². The lowest BCUT2D eigenvalue weighted by atomic mass is 10.2. The number of hydrogen-bond donors (Lipinski definition) is 1. The van der Waals surface area contributed by atoms with Crippen LogP contribution < -0.4 is 4.72 Å². The highest BCUT2D eigenvalue weighted by molar-refractivity contribution is 7.89. The van der Waals surface area contributed by atoms with Gasteiger partial charge in [0.05, 0.1) is 11.8 Å². The molecule has 90 valence electrons. The van der Waals surface area contributed by atoms with Crippen molar-refractivity contribution >= 4 is 15.8 Å². The van der Waals surface area contributed by atoms with Crippen molar-refractivity contribution in [3.8, 4) is 0 Å². The summed E-state index contributed by atoms with van der Waals surface area (Å²) in [7, 11) is -1.84. The normalized spacial score (nSPS) is 13.8. The van der Waals surface area contributed by atoms with Gasteiger partial charge in [-0.2, -0.15) is 0 Å². The van der Waals surface area contributed by atoms with Crippen molar-refractivity contribution in [1.29, 1.82) is 0 Å². The molecule has 0 saturated heterocycles. The lowest BCUT2D eigenvalue weighted by molar-refractivity contribution is -0.119. The zero-order chi connectivity index (χ0) is 11.9. The third kappa shape index (κ3) is 6.59. The van der Waals surface area contributed by atoms with Gasteiger partial charge in [0.25, 0.3) is 0 Å². The molecule has 0 aliphatic rings. The number of Topliss-reactive ketones (excluding diaryl/α,β-unsaturated/α-hetero) is 1. The van der Waals surface area contributed by atoms with Crippen LogP contribution in [0, 0.1) is 0 Å². The maximum atomic E-state index is 11.4. The van der Waals surface area contributed by atoms with Gasteiger partial charge in [0.1, 0.15) is 5.78 Å². The monoisotopic (exact) mass is 237 g/mol. The largest absolute Gasteiger partial charge is 0.385 e. The Labute approximate surface area is 91.2 Å². The summed E-state index contributed by atoms with van der Waals surface area (Å²) in [5.74, 6) is -0.118. The minimum atomic E-state index is -3.36. The van der Waals surface area contributed by atoms with Crippen molar-refractivity contribution in [2.75, 3.05) is 19.5 Å². The molecule has 0 heterocycles. The maximum Gasteiger partial charge on any atom is 0.212 e. The summed E-state index contributed by atoms with van der Waals surface area (Å²) in [6, 6.07) is -0.637. The maximum absolute atomic E-state index is 11.4. The van der Waals surface area contributed by atoms with Gasteiger partial charge >= 0.3 is 0 Å². The molecule has 0 radical (unpaired) electrons. The number of ketones is 1. The molecular weight excluding hydrogens is 218 g/mol. The van der Waals surface area contributed by atoms with Crippen LogP contribution in [0.2, 0.25) is 0 Å². The number of methoxy groups -OCH3 is 1. The first-order valence-electron chi connectivity index (χ1n) is 4.94. The van der Waals surface area contributed by atoms with E-state index in [2.05, 4.69) is 4.72 Å². The van der Waals surface area contributed by atoms with E-state index in [0.29, 0.717) is 19.4 Å². The highest BCUT2D eigenvalue weighted by Gasteiger charge is 2.18. The van der Waals surface area contributed by atoms with E-state index < -0.39 is 16.1 Å². The predicted molar refractivity (Wildman–Crippen MR) is 58.2 cm³/mol. The number of carbonyl (C=O) groups is 1. The van der Waals surface area contributed by atoms with Crippen LogP contribution in [0.25, 0.3) is 0 Å². The SMILES string of the molecule is CCC(=O)C(C)NS(=O)(=O)CCCOC. The average Bonchev–Trinajstić information content (AvgIpc) is 2.16. The minimum absolute atomic E-state index is 0.0117. The third-order valence-electron chi connectivity index (χ3n) is 1.95. The van der Waals surface area contributed by atoms with Crippen LogP contribution in [0.1, 0.15) is 26.7 Å². The van der Waals surface area contributed by atoms with Gasteiger partial charge in [0.2, 0.25) is 10.0 Å². The first-order chi connectivity index (χ1) is 6.93. The third-order valence-corrected chi connectivity index (χ3v) is 3.49. The number of sulfonamides is 1. The summed E-state index contributed by atoms with van der Waals surface area (Å²) in [4.78, 5) is 11.2. The van der Waals surface area contributed by atoms with E-state index in [4.69, 9.17) is 4.74 Å². The predicted octanol–water partition coefficient (Wildman–Crippen LogP) is 0.310. The molecule has 6 heteroatoms. The van der Waals surface area contributed by atoms with Crippen molar-refractivity contribution < 1.29 is 17.9 Å². The molecule has 0 bridgehead atoms.